The Morgan fingerprint density at radius 2 is 1.75 bits per heavy atom. The van der Waals surface area contributed by atoms with Crippen LogP contribution in [0, 0.1) is 0 Å². The molecule has 0 aromatic carbocycles. The molecule has 8 heteroatoms. The second-order valence-electron chi connectivity index (χ2n) is 6.46. The third-order valence-electron chi connectivity index (χ3n) is 4.73. The molecule has 2 aliphatic rings. The summed E-state index contributed by atoms with van der Waals surface area (Å²) in [6.45, 7) is 6.49. The topological polar surface area (TPSA) is 69.6 Å². The highest BCUT2D eigenvalue weighted by Gasteiger charge is 2.27. The van der Waals surface area contributed by atoms with Crippen LogP contribution in [0.4, 0.5) is 11.8 Å². The highest BCUT2D eigenvalue weighted by atomic mass is 32.2. The smallest absolute Gasteiger partial charge is 0.227 e. The molecule has 1 aromatic rings. The number of hydrogen-bond donors (Lipinski definition) is 0. The summed E-state index contributed by atoms with van der Waals surface area (Å²) >= 11 is 0. The molecular formula is C16H27N5O2S. The van der Waals surface area contributed by atoms with Gasteiger partial charge in [-0.05, 0) is 25.3 Å². The fourth-order valence-electron chi connectivity index (χ4n) is 3.24. The van der Waals surface area contributed by atoms with Crippen molar-refractivity contribution in [1.29, 1.82) is 0 Å². The zero-order valence-electron chi connectivity index (χ0n) is 14.4. The monoisotopic (exact) mass is 353 g/mol. The summed E-state index contributed by atoms with van der Waals surface area (Å²) in [6, 6.07) is 1.92. The Hall–Kier alpha value is -1.41. The zero-order valence-corrected chi connectivity index (χ0v) is 15.2. The SMILES string of the molecule is CCCCS(=O)(=O)N1CCN(c2ccnc(N3CCCC3)n2)CC1. The van der Waals surface area contributed by atoms with E-state index in [1.165, 1.54) is 12.8 Å². The van der Waals surface area contributed by atoms with Crippen LogP contribution in [0.2, 0.25) is 0 Å². The van der Waals surface area contributed by atoms with Crippen LogP contribution in [0.5, 0.6) is 0 Å². The largest absolute Gasteiger partial charge is 0.354 e. The summed E-state index contributed by atoms with van der Waals surface area (Å²) in [5.41, 5.74) is 0. The van der Waals surface area contributed by atoms with Gasteiger partial charge in [0.25, 0.3) is 0 Å². The van der Waals surface area contributed by atoms with Crippen molar-refractivity contribution in [2.24, 2.45) is 0 Å². The van der Waals surface area contributed by atoms with E-state index < -0.39 is 10.0 Å². The fraction of sp³-hybridized carbons (Fsp3) is 0.750. The van der Waals surface area contributed by atoms with Gasteiger partial charge in [-0.3, -0.25) is 0 Å². The van der Waals surface area contributed by atoms with E-state index >= 15 is 0 Å². The van der Waals surface area contributed by atoms with E-state index in [0.717, 1.165) is 37.7 Å². The van der Waals surface area contributed by atoms with E-state index in [-0.39, 0.29) is 5.75 Å². The van der Waals surface area contributed by atoms with Crippen molar-refractivity contribution in [3.05, 3.63) is 12.3 Å². The van der Waals surface area contributed by atoms with Gasteiger partial charge >= 0.3 is 0 Å². The van der Waals surface area contributed by atoms with Crippen LogP contribution in [-0.4, -0.2) is 67.7 Å². The lowest BCUT2D eigenvalue weighted by atomic mass is 10.3. The van der Waals surface area contributed by atoms with E-state index in [0.29, 0.717) is 26.2 Å². The number of rotatable bonds is 6. The molecule has 0 amide bonds. The van der Waals surface area contributed by atoms with Crippen LogP contribution < -0.4 is 9.80 Å². The molecule has 134 valence electrons. The number of hydrogen-bond acceptors (Lipinski definition) is 6. The number of unbranched alkanes of at least 4 members (excludes halogenated alkanes) is 1. The van der Waals surface area contributed by atoms with Crippen LogP contribution in [0.15, 0.2) is 12.3 Å². The number of piperazine rings is 1. The van der Waals surface area contributed by atoms with Gasteiger partial charge in [0.2, 0.25) is 16.0 Å². The molecule has 0 radical (unpaired) electrons. The minimum absolute atomic E-state index is 0.260. The summed E-state index contributed by atoms with van der Waals surface area (Å²) in [6.07, 6.45) is 5.83. The average molecular weight is 353 g/mol. The summed E-state index contributed by atoms with van der Waals surface area (Å²) in [5, 5.41) is 0. The summed E-state index contributed by atoms with van der Waals surface area (Å²) in [4.78, 5) is 13.5. The summed E-state index contributed by atoms with van der Waals surface area (Å²) < 4.78 is 26.2. The Bertz CT molecular complexity index is 638. The van der Waals surface area contributed by atoms with Gasteiger partial charge in [0.15, 0.2) is 0 Å². The van der Waals surface area contributed by atoms with Crippen molar-refractivity contribution in [3.63, 3.8) is 0 Å². The van der Waals surface area contributed by atoms with Crippen LogP contribution in [0.1, 0.15) is 32.6 Å². The number of anilines is 2. The molecule has 0 atom stereocenters. The Kier molecular flexibility index (Phi) is 5.55. The second kappa shape index (κ2) is 7.65. The maximum atomic E-state index is 12.3. The zero-order chi connectivity index (χ0) is 17.0. The average Bonchev–Trinajstić information content (AvgIpc) is 3.15. The number of sulfonamides is 1. The molecule has 0 spiro atoms. The van der Waals surface area contributed by atoms with Crippen LogP contribution in [0.25, 0.3) is 0 Å². The molecule has 0 saturated carbocycles. The summed E-state index contributed by atoms with van der Waals surface area (Å²) in [7, 11) is -3.11. The molecule has 2 saturated heterocycles. The molecular weight excluding hydrogens is 326 g/mol. The summed E-state index contributed by atoms with van der Waals surface area (Å²) in [5.74, 6) is 1.95. The lowest BCUT2D eigenvalue weighted by Crippen LogP contribution is -2.49. The highest BCUT2D eigenvalue weighted by Crippen LogP contribution is 2.20. The molecule has 0 unspecified atom stereocenters. The molecule has 24 heavy (non-hydrogen) atoms. The van der Waals surface area contributed by atoms with E-state index in [2.05, 4.69) is 19.8 Å². The Morgan fingerprint density at radius 3 is 2.42 bits per heavy atom. The second-order valence-corrected chi connectivity index (χ2v) is 8.55. The van der Waals surface area contributed by atoms with E-state index in [4.69, 9.17) is 0 Å². The van der Waals surface area contributed by atoms with Gasteiger partial charge in [-0.15, -0.1) is 0 Å². The molecule has 3 heterocycles. The maximum Gasteiger partial charge on any atom is 0.227 e. The predicted octanol–water partition coefficient (Wildman–Crippen LogP) is 1.33. The van der Waals surface area contributed by atoms with E-state index in [9.17, 15) is 8.42 Å². The molecule has 0 N–H and O–H groups in total. The fourth-order valence-corrected chi connectivity index (χ4v) is 4.87. The minimum Gasteiger partial charge on any atom is -0.354 e. The standard InChI is InChI=1S/C16H27N5O2S/c1-2-3-14-24(22,23)21-12-10-19(11-13-21)15-6-7-17-16(18-15)20-8-4-5-9-20/h6-7H,2-5,8-14H2,1H3. The van der Waals surface area contributed by atoms with Crippen molar-refractivity contribution in [2.75, 3.05) is 54.8 Å². The molecule has 0 bridgehead atoms. The predicted molar refractivity (Wildman–Crippen MR) is 96.0 cm³/mol. The molecule has 7 nitrogen and oxygen atoms in total. The number of aromatic nitrogens is 2. The van der Waals surface area contributed by atoms with Crippen LogP contribution in [-0.2, 0) is 10.0 Å². The third kappa shape index (κ3) is 3.97. The first kappa shape index (κ1) is 17.4. The molecule has 3 rings (SSSR count). The van der Waals surface area contributed by atoms with Crippen LogP contribution in [0.3, 0.4) is 0 Å². The molecule has 2 fully saturated rings. The van der Waals surface area contributed by atoms with Crippen molar-refractivity contribution in [1.82, 2.24) is 14.3 Å². The van der Waals surface area contributed by atoms with E-state index in [1.54, 1.807) is 10.5 Å². The van der Waals surface area contributed by atoms with Crippen LogP contribution >= 0.6 is 0 Å². The normalized spacial score (nSPS) is 19.9. The van der Waals surface area contributed by atoms with Crippen molar-refractivity contribution in [3.8, 4) is 0 Å². The van der Waals surface area contributed by atoms with Crippen molar-refractivity contribution < 1.29 is 8.42 Å². The Morgan fingerprint density at radius 1 is 1.04 bits per heavy atom. The molecule has 0 aliphatic carbocycles. The van der Waals surface area contributed by atoms with Gasteiger partial charge in [0, 0.05) is 45.5 Å². The number of nitrogens with zero attached hydrogens (tertiary/aromatic N) is 5. The van der Waals surface area contributed by atoms with Gasteiger partial charge in [-0.25, -0.2) is 13.4 Å². The maximum absolute atomic E-state index is 12.3. The Balaban J connectivity index is 1.61. The minimum atomic E-state index is -3.11. The van der Waals surface area contributed by atoms with Gasteiger partial charge in [-0.1, -0.05) is 13.3 Å². The van der Waals surface area contributed by atoms with Crippen molar-refractivity contribution in [2.45, 2.75) is 32.6 Å². The van der Waals surface area contributed by atoms with Gasteiger partial charge in [0.05, 0.1) is 5.75 Å². The molecule has 1 aromatic heterocycles. The van der Waals surface area contributed by atoms with Gasteiger partial charge < -0.3 is 9.80 Å². The lowest BCUT2D eigenvalue weighted by molar-refractivity contribution is 0.383. The quantitative estimate of drug-likeness (QED) is 0.768. The van der Waals surface area contributed by atoms with Gasteiger partial charge in [-0.2, -0.15) is 9.29 Å². The first-order valence-corrected chi connectivity index (χ1v) is 10.5. The van der Waals surface area contributed by atoms with E-state index in [1.807, 2.05) is 13.0 Å². The lowest BCUT2D eigenvalue weighted by Gasteiger charge is -2.34. The van der Waals surface area contributed by atoms with Crippen molar-refractivity contribution >= 4 is 21.8 Å². The third-order valence-corrected chi connectivity index (χ3v) is 6.69. The Labute approximate surface area is 144 Å². The first-order valence-electron chi connectivity index (χ1n) is 8.91. The van der Waals surface area contributed by atoms with Gasteiger partial charge in [0.1, 0.15) is 5.82 Å². The molecule has 2 aliphatic heterocycles. The first-order chi connectivity index (χ1) is 11.6. The highest BCUT2D eigenvalue weighted by molar-refractivity contribution is 7.89.